The maximum atomic E-state index is 4.03. The number of halogens is 1. The Bertz CT molecular complexity index is 2170. The van der Waals surface area contributed by atoms with Gasteiger partial charge in [0.05, 0.1) is 0 Å². The van der Waals surface area contributed by atoms with Crippen molar-refractivity contribution in [3.8, 4) is 33.4 Å². The van der Waals surface area contributed by atoms with Gasteiger partial charge in [0.15, 0.2) is 0 Å². The first kappa shape index (κ1) is 27.6. The number of benzene rings is 7. The van der Waals surface area contributed by atoms with Crippen LogP contribution in [-0.2, 0) is 5.41 Å². The predicted molar refractivity (Wildman–Crippen MR) is 195 cm³/mol. The molecular weight excluding hydrogens is 610 g/mol. The van der Waals surface area contributed by atoms with Crippen molar-refractivity contribution in [2.45, 2.75) is 19.3 Å². The molecule has 0 aromatic heterocycles. The van der Waals surface area contributed by atoms with Crippen molar-refractivity contribution in [3.63, 3.8) is 0 Å². The Labute approximate surface area is 273 Å². The molecule has 0 spiro atoms. The Hall–Kier alpha value is -4.92. The minimum Gasteiger partial charge on any atom is -0.310 e. The average molecular weight is 643 g/mol. The van der Waals surface area contributed by atoms with E-state index in [1.54, 1.807) is 0 Å². The van der Waals surface area contributed by atoms with E-state index >= 15 is 0 Å². The van der Waals surface area contributed by atoms with E-state index in [2.05, 4.69) is 192 Å². The van der Waals surface area contributed by atoms with Crippen molar-refractivity contribution in [1.29, 1.82) is 0 Å². The van der Waals surface area contributed by atoms with E-state index < -0.39 is 0 Å². The van der Waals surface area contributed by atoms with Crippen molar-refractivity contribution >= 4 is 43.8 Å². The fourth-order valence-electron chi connectivity index (χ4n) is 7.11. The summed E-state index contributed by atoms with van der Waals surface area (Å²) in [6, 6.07) is 57.1. The van der Waals surface area contributed by atoms with Crippen molar-refractivity contribution in [2.24, 2.45) is 0 Å². The Balaban J connectivity index is 1.27. The van der Waals surface area contributed by atoms with Crippen molar-refractivity contribution in [3.05, 3.63) is 173 Å². The van der Waals surface area contributed by atoms with Gasteiger partial charge in [-0.15, -0.1) is 0 Å². The van der Waals surface area contributed by atoms with E-state index in [1.807, 2.05) is 0 Å². The van der Waals surface area contributed by atoms with Gasteiger partial charge in [0.2, 0.25) is 0 Å². The molecule has 0 amide bonds. The van der Waals surface area contributed by atoms with Crippen LogP contribution >= 0.6 is 15.9 Å². The highest BCUT2D eigenvalue weighted by Gasteiger charge is 2.37. The normalized spacial score (nSPS) is 13.0. The molecule has 0 aliphatic heterocycles. The van der Waals surface area contributed by atoms with E-state index in [4.69, 9.17) is 0 Å². The highest BCUT2D eigenvalue weighted by Crippen LogP contribution is 2.53. The van der Waals surface area contributed by atoms with Gasteiger partial charge < -0.3 is 4.90 Å². The zero-order valence-electron chi connectivity index (χ0n) is 25.3. The first-order valence-electron chi connectivity index (χ1n) is 15.5. The van der Waals surface area contributed by atoms with E-state index in [9.17, 15) is 0 Å². The van der Waals surface area contributed by atoms with Crippen LogP contribution in [0.4, 0.5) is 17.1 Å². The maximum absolute atomic E-state index is 4.03. The van der Waals surface area contributed by atoms with Gasteiger partial charge >= 0.3 is 0 Å². The highest BCUT2D eigenvalue weighted by atomic mass is 79.9. The van der Waals surface area contributed by atoms with Crippen LogP contribution in [0.3, 0.4) is 0 Å². The smallest absolute Gasteiger partial charge is 0.0479 e. The summed E-state index contributed by atoms with van der Waals surface area (Å²) in [5, 5.41) is 2.52. The molecular formula is C43H32BrN. The molecule has 1 aliphatic carbocycles. The lowest BCUT2D eigenvalue weighted by atomic mass is 9.82. The molecule has 0 saturated heterocycles. The summed E-state index contributed by atoms with van der Waals surface area (Å²) in [4.78, 5) is 2.38. The number of fused-ring (bicyclic) bond motifs is 4. The van der Waals surface area contributed by atoms with Crippen LogP contribution in [0, 0.1) is 0 Å². The summed E-state index contributed by atoms with van der Waals surface area (Å²) >= 11 is 4.03. The summed E-state index contributed by atoms with van der Waals surface area (Å²) in [7, 11) is 0. The van der Waals surface area contributed by atoms with Gasteiger partial charge in [-0.2, -0.15) is 0 Å². The van der Waals surface area contributed by atoms with Crippen LogP contribution in [-0.4, -0.2) is 0 Å². The lowest BCUT2D eigenvalue weighted by Crippen LogP contribution is -2.16. The fraction of sp³-hybridized carbons (Fsp3) is 0.0698. The fourth-order valence-corrected chi connectivity index (χ4v) is 8.06. The van der Waals surface area contributed by atoms with Crippen LogP contribution in [0.5, 0.6) is 0 Å². The van der Waals surface area contributed by atoms with Crippen LogP contribution in [0.1, 0.15) is 25.0 Å². The van der Waals surface area contributed by atoms with Gasteiger partial charge in [-0.3, -0.25) is 0 Å². The summed E-state index contributed by atoms with van der Waals surface area (Å²) in [6.45, 7) is 4.66. The van der Waals surface area contributed by atoms with Gasteiger partial charge in [-0.1, -0.05) is 151 Å². The topological polar surface area (TPSA) is 3.24 Å². The van der Waals surface area contributed by atoms with E-state index in [1.165, 1.54) is 55.3 Å². The quantitative estimate of drug-likeness (QED) is 0.181. The number of hydrogen-bond acceptors (Lipinski definition) is 1. The number of nitrogens with zero attached hydrogens (tertiary/aromatic N) is 1. The van der Waals surface area contributed by atoms with Gasteiger partial charge in [-0.25, -0.2) is 0 Å². The second-order valence-corrected chi connectivity index (χ2v) is 13.2. The molecule has 1 nitrogen and oxygen atoms in total. The molecule has 0 saturated carbocycles. The zero-order chi connectivity index (χ0) is 30.5. The van der Waals surface area contributed by atoms with Gasteiger partial charge in [0, 0.05) is 26.9 Å². The maximum Gasteiger partial charge on any atom is 0.0479 e. The van der Waals surface area contributed by atoms with Crippen molar-refractivity contribution in [1.82, 2.24) is 0 Å². The van der Waals surface area contributed by atoms with E-state index in [0.717, 1.165) is 21.5 Å². The molecule has 0 radical (unpaired) electrons. The summed E-state index contributed by atoms with van der Waals surface area (Å²) in [6.07, 6.45) is 0. The van der Waals surface area contributed by atoms with Crippen molar-refractivity contribution in [2.75, 3.05) is 4.90 Å². The molecule has 0 N–H and O–H groups in total. The lowest BCUT2D eigenvalue weighted by Gasteiger charge is -2.28. The Kier molecular flexibility index (Phi) is 6.69. The van der Waals surface area contributed by atoms with Crippen LogP contribution in [0.25, 0.3) is 44.2 Å². The zero-order valence-corrected chi connectivity index (χ0v) is 26.9. The molecule has 7 aromatic carbocycles. The number of rotatable bonds is 5. The molecule has 0 atom stereocenters. The summed E-state index contributed by atoms with van der Waals surface area (Å²) in [5.41, 5.74) is 13.5. The second kappa shape index (κ2) is 10.9. The third-order valence-corrected chi connectivity index (χ3v) is 9.93. The Morgan fingerprint density at radius 3 is 1.80 bits per heavy atom. The van der Waals surface area contributed by atoms with Crippen LogP contribution < -0.4 is 4.90 Å². The third kappa shape index (κ3) is 4.69. The molecule has 0 heterocycles. The van der Waals surface area contributed by atoms with Gasteiger partial charge in [-0.05, 0) is 91.7 Å². The van der Waals surface area contributed by atoms with Crippen molar-refractivity contribution < 1.29 is 0 Å². The van der Waals surface area contributed by atoms with Crippen LogP contribution in [0.2, 0.25) is 0 Å². The Morgan fingerprint density at radius 1 is 0.467 bits per heavy atom. The first-order valence-corrected chi connectivity index (χ1v) is 16.3. The largest absolute Gasteiger partial charge is 0.310 e. The molecule has 45 heavy (non-hydrogen) atoms. The monoisotopic (exact) mass is 641 g/mol. The Morgan fingerprint density at radius 2 is 1.04 bits per heavy atom. The van der Waals surface area contributed by atoms with Crippen LogP contribution in [0.15, 0.2) is 162 Å². The minimum atomic E-state index is -0.0778. The molecule has 0 unspecified atom stereocenters. The molecule has 8 rings (SSSR count). The predicted octanol–water partition coefficient (Wildman–Crippen LogP) is 12.7. The first-order chi connectivity index (χ1) is 22.0. The molecule has 7 aromatic rings. The van der Waals surface area contributed by atoms with E-state index in [-0.39, 0.29) is 5.41 Å². The molecule has 1 aliphatic rings. The number of anilines is 3. The third-order valence-electron chi connectivity index (χ3n) is 9.31. The lowest BCUT2D eigenvalue weighted by molar-refractivity contribution is 0.657. The number of hydrogen-bond donors (Lipinski definition) is 0. The minimum absolute atomic E-state index is 0.0778. The second-order valence-electron chi connectivity index (χ2n) is 12.3. The molecule has 0 bridgehead atoms. The molecule has 0 fully saturated rings. The molecule has 216 valence electrons. The molecule has 2 heteroatoms. The highest BCUT2D eigenvalue weighted by molar-refractivity contribution is 9.10. The SMILES string of the molecule is CC1(C)c2ccccc2-c2cc(N(c3ccc(-c4ccccc4)cc3)c3ccc(-c4cccc5ccccc45)cc3)cc(Br)c21. The van der Waals surface area contributed by atoms with Gasteiger partial charge in [0.25, 0.3) is 0 Å². The standard InChI is InChI=1S/C43H32BrN/c1-43(2)40-18-9-8-16-38(40)39-27-35(28-41(44)42(39)43)45(33-23-19-30(20-24-33)29-11-4-3-5-12-29)34-25-21-32(22-26-34)37-17-10-14-31-13-6-7-15-36(31)37/h3-28H,1-2H3. The summed E-state index contributed by atoms with van der Waals surface area (Å²) in [5.74, 6) is 0. The van der Waals surface area contributed by atoms with Gasteiger partial charge in [0.1, 0.15) is 0 Å². The van der Waals surface area contributed by atoms with E-state index in [0.29, 0.717) is 0 Å². The average Bonchev–Trinajstić information content (AvgIpc) is 3.32. The summed E-state index contributed by atoms with van der Waals surface area (Å²) < 4.78 is 1.13.